The smallest absolute Gasteiger partial charge is 0.133 e. The zero-order chi connectivity index (χ0) is 15.5. The van der Waals surface area contributed by atoms with Gasteiger partial charge in [-0.2, -0.15) is 0 Å². The van der Waals surface area contributed by atoms with Gasteiger partial charge in [-0.1, -0.05) is 25.5 Å². The van der Waals surface area contributed by atoms with Crippen molar-refractivity contribution in [3.63, 3.8) is 0 Å². The summed E-state index contributed by atoms with van der Waals surface area (Å²) in [6.07, 6.45) is 13.7. The van der Waals surface area contributed by atoms with E-state index in [-0.39, 0.29) is 0 Å². The second-order valence-electron chi connectivity index (χ2n) is 9.21. The van der Waals surface area contributed by atoms with Crippen LogP contribution < -0.4 is 0 Å². The minimum atomic E-state index is 0.469. The van der Waals surface area contributed by atoms with Crippen LogP contribution in [0.4, 0.5) is 0 Å². The van der Waals surface area contributed by atoms with Crippen molar-refractivity contribution < 1.29 is 4.79 Å². The van der Waals surface area contributed by atoms with Crippen molar-refractivity contribution in [2.75, 3.05) is 0 Å². The first-order valence-corrected chi connectivity index (χ1v) is 9.66. The minimum absolute atomic E-state index is 0.469. The Kier molecular flexibility index (Phi) is 3.37. The van der Waals surface area contributed by atoms with Crippen molar-refractivity contribution in [3.8, 4) is 0 Å². The molecular weight excluding hydrogens is 268 g/mol. The van der Waals surface area contributed by atoms with E-state index >= 15 is 0 Å². The van der Waals surface area contributed by atoms with Gasteiger partial charge in [0.1, 0.15) is 5.78 Å². The molecule has 4 aliphatic rings. The van der Waals surface area contributed by atoms with Crippen LogP contribution in [-0.4, -0.2) is 5.78 Å². The Balaban J connectivity index is 1.65. The summed E-state index contributed by atoms with van der Waals surface area (Å²) in [5.74, 6) is 3.99. The van der Waals surface area contributed by atoms with E-state index in [0.717, 1.165) is 30.6 Å². The fourth-order valence-electron chi connectivity index (χ4n) is 7.37. The highest BCUT2D eigenvalue weighted by molar-refractivity contribution is 5.79. The molecule has 0 unspecified atom stereocenters. The number of allylic oxidation sites excluding steroid dienone is 2. The minimum Gasteiger partial charge on any atom is -0.300 e. The van der Waals surface area contributed by atoms with E-state index in [1.54, 1.807) is 5.57 Å². The van der Waals surface area contributed by atoms with E-state index in [1.807, 2.05) is 0 Å². The summed E-state index contributed by atoms with van der Waals surface area (Å²) in [6.45, 7) is 7.37. The van der Waals surface area contributed by atoms with Crippen LogP contribution in [0.2, 0.25) is 0 Å². The quantitative estimate of drug-likeness (QED) is 0.536. The number of Topliss-reactive ketones (excluding diaryl/α,β-unsaturated/α-hetero) is 1. The molecule has 0 N–H and O–H groups in total. The Hall–Kier alpha value is -0.590. The third kappa shape index (κ3) is 1.86. The summed E-state index contributed by atoms with van der Waals surface area (Å²) in [5, 5.41) is 0. The van der Waals surface area contributed by atoms with E-state index in [0.29, 0.717) is 22.5 Å². The molecule has 0 aromatic heterocycles. The maximum atomic E-state index is 11.9. The molecule has 1 heteroatoms. The first-order valence-electron chi connectivity index (χ1n) is 9.66. The largest absolute Gasteiger partial charge is 0.300 e. The lowest BCUT2D eigenvalue weighted by molar-refractivity contribution is -0.136. The SMILES string of the molecule is C/C=C1\CC[C@H]2[C@@H]3CC[C@H]4CC(=O)CC[C@]4(C)[C@H]3CC[C@]12C. The predicted molar refractivity (Wildman–Crippen MR) is 90.5 cm³/mol. The lowest BCUT2D eigenvalue weighted by atomic mass is 9.45. The lowest BCUT2D eigenvalue weighted by Gasteiger charge is -2.59. The van der Waals surface area contributed by atoms with E-state index in [1.165, 1.54) is 44.9 Å². The molecule has 0 amide bonds. The number of fused-ring (bicyclic) bond motifs is 5. The standard InChI is InChI=1S/C21H32O/c1-4-14-6-8-18-17-7-5-15-13-16(22)9-11-21(15,3)19(17)10-12-20(14,18)2/h4,15,17-19H,5-13H2,1-3H3/b14-4+/t15-,17-,18-,19-,20+,21-/m0/s1. The van der Waals surface area contributed by atoms with Crippen LogP contribution in [0.5, 0.6) is 0 Å². The van der Waals surface area contributed by atoms with Gasteiger partial charge in [0, 0.05) is 12.8 Å². The fourth-order valence-corrected chi connectivity index (χ4v) is 7.37. The molecule has 0 heterocycles. The predicted octanol–water partition coefficient (Wildman–Crippen LogP) is 5.54. The lowest BCUT2D eigenvalue weighted by Crippen LogP contribution is -2.52. The van der Waals surface area contributed by atoms with E-state index < -0.39 is 0 Å². The Morgan fingerprint density at radius 2 is 1.82 bits per heavy atom. The normalized spacial score (nSPS) is 53.0. The highest BCUT2D eigenvalue weighted by Gasteiger charge is 2.58. The van der Waals surface area contributed by atoms with Gasteiger partial charge >= 0.3 is 0 Å². The van der Waals surface area contributed by atoms with E-state index in [4.69, 9.17) is 0 Å². The maximum Gasteiger partial charge on any atom is 0.133 e. The number of hydrogen-bond donors (Lipinski definition) is 0. The molecule has 0 spiro atoms. The molecule has 0 aromatic carbocycles. The number of ketones is 1. The second kappa shape index (κ2) is 4.95. The molecule has 4 saturated carbocycles. The molecule has 0 aliphatic heterocycles. The molecule has 4 rings (SSSR count). The van der Waals surface area contributed by atoms with Crippen molar-refractivity contribution >= 4 is 5.78 Å². The fraction of sp³-hybridized carbons (Fsp3) is 0.857. The maximum absolute atomic E-state index is 11.9. The van der Waals surface area contributed by atoms with Crippen molar-refractivity contribution in [1.82, 2.24) is 0 Å². The molecular formula is C21H32O. The molecule has 0 bridgehead atoms. The highest BCUT2D eigenvalue weighted by Crippen LogP contribution is 2.67. The van der Waals surface area contributed by atoms with Crippen molar-refractivity contribution in [2.45, 2.75) is 78.6 Å². The summed E-state index contributed by atoms with van der Waals surface area (Å²) in [6, 6.07) is 0. The van der Waals surface area contributed by atoms with Gasteiger partial charge in [0.05, 0.1) is 0 Å². The molecule has 6 atom stereocenters. The van der Waals surface area contributed by atoms with Crippen molar-refractivity contribution in [1.29, 1.82) is 0 Å². The molecule has 4 aliphatic carbocycles. The van der Waals surface area contributed by atoms with Crippen LogP contribution in [0.1, 0.15) is 78.6 Å². The van der Waals surface area contributed by atoms with Gasteiger partial charge in [-0.25, -0.2) is 0 Å². The van der Waals surface area contributed by atoms with E-state index in [9.17, 15) is 4.79 Å². The number of carbonyl (C=O) groups excluding carboxylic acids is 1. The number of hydrogen-bond acceptors (Lipinski definition) is 1. The Bertz CT molecular complexity index is 518. The van der Waals surface area contributed by atoms with Crippen LogP contribution in [0.25, 0.3) is 0 Å². The van der Waals surface area contributed by atoms with Gasteiger partial charge in [0.2, 0.25) is 0 Å². The van der Waals surface area contributed by atoms with Gasteiger partial charge in [-0.05, 0) is 86.4 Å². The van der Waals surface area contributed by atoms with Gasteiger partial charge < -0.3 is 0 Å². The first kappa shape index (κ1) is 15.0. The Labute approximate surface area is 135 Å². The van der Waals surface area contributed by atoms with Crippen LogP contribution >= 0.6 is 0 Å². The van der Waals surface area contributed by atoms with Crippen LogP contribution in [0.15, 0.2) is 11.6 Å². The summed E-state index contributed by atoms with van der Waals surface area (Å²) in [5.41, 5.74) is 2.72. The molecule has 0 aromatic rings. The molecule has 4 fully saturated rings. The summed E-state index contributed by atoms with van der Waals surface area (Å²) in [7, 11) is 0. The van der Waals surface area contributed by atoms with Crippen molar-refractivity contribution in [3.05, 3.63) is 11.6 Å². The summed E-state index contributed by atoms with van der Waals surface area (Å²) >= 11 is 0. The molecule has 122 valence electrons. The highest BCUT2D eigenvalue weighted by atomic mass is 16.1. The summed E-state index contributed by atoms with van der Waals surface area (Å²) < 4.78 is 0. The van der Waals surface area contributed by atoms with Crippen LogP contribution in [-0.2, 0) is 4.79 Å². The second-order valence-corrected chi connectivity index (χ2v) is 9.21. The van der Waals surface area contributed by atoms with Gasteiger partial charge in [0.15, 0.2) is 0 Å². The van der Waals surface area contributed by atoms with Crippen LogP contribution in [0, 0.1) is 34.5 Å². The van der Waals surface area contributed by atoms with Crippen LogP contribution in [0.3, 0.4) is 0 Å². The average Bonchev–Trinajstić information content (AvgIpc) is 2.84. The topological polar surface area (TPSA) is 17.1 Å². The number of carbonyl (C=O) groups is 1. The zero-order valence-electron chi connectivity index (χ0n) is 14.7. The van der Waals surface area contributed by atoms with Gasteiger partial charge in [-0.3, -0.25) is 4.79 Å². The van der Waals surface area contributed by atoms with E-state index in [2.05, 4.69) is 26.8 Å². The molecule has 1 nitrogen and oxygen atoms in total. The Morgan fingerprint density at radius 3 is 2.59 bits per heavy atom. The third-order valence-corrected chi connectivity index (χ3v) is 8.68. The average molecular weight is 300 g/mol. The van der Waals surface area contributed by atoms with Gasteiger partial charge in [0.25, 0.3) is 0 Å². The molecule has 0 radical (unpaired) electrons. The first-order chi connectivity index (χ1) is 10.5. The van der Waals surface area contributed by atoms with Crippen molar-refractivity contribution in [2.24, 2.45) is 34.5 Å². The molecule has 22 heavy (non-hydrogen) atoms. The molecule has 0 saturated heterocycles. The zero-order valence-corrected chi connectivity index (χ0v) is 14.7. The monoisotopic (exact) mass is 300 g/mol. The summed E-state index contributed by atoms with van der Waals surface area (Å²) in [4.78, 5) is 11.9. The van der Waals surface area contributed by atoms with Gasteiger partial charge in [-0.15, -0.1) is 0 Å². The third-order valence-electron chi connectivity index (χ3n) is 8.68. The Morgan fingerprint density at radius 1 is 1.00 bits per heavy atom. The number of rotatable bonds is 0.